The normalized spacial score (nSPS) is 21.2. The summed E-state index contributed by atoms with van der Waals surface area (Å²) < 4.78 is 0. The van der Waals surface area contributed by atoms with Gasteiger partial charge in [-0.05, 0) is 37.3 Å². The Hall–Kier alpha value is -2.88. The molecular formula is C21H28N4O3. The van der Waals surface area contributed by atoms with Gasteiger partial charge in [0.25, 0.3) is 5.91 Å². The monoisotopic (exact) mass is 384 g/mol. The molecule has 0 saturated carbocycles. The van der Waals surface area contributed by atoms with Crippen molar-refractivity contribution in [3.63, 3.8) is 0 Å². The number of hydrogen-bond donors (Lipinski definition) is 2. The van der Waals surface area contributed by atoms with E-state index in [1.165, 1.54) is 0 Å². The van der Waals surface area contributed by atoms with Gasteiger partial charge in [0.15, 0.2) is 0 Å². The van der Waals surface area contributed by atoms with Gasteiger partial charge in [-0.15, -0.1) is 0 Å². The Kier molecular flexibility index (Phi) is 6.13. The zero-order valence-corrected chi connectivity index (χ0v) is 17.1. The molecule has 0 radical (unpaired) electrons. The first kappa shape index (κ1) is 21.4. The molecule has 0 aliphatic carbocycles. The van der Waals surface area contributed by atoms with E-state index >= 15 is 0 Å². The van der Waals surface area contributed by atoms with E-state index in [-0.39, 0.29) is 5.92 Å². The Morgan fingerprint density at radius 3 is 2.43 bits per heavy atom. The van der Waals surface area contributed by atoms with E-state index in [1.54, 1.807) is 13.8 Å². The number of benzene rings is 1. The van der Waals surface area contributed by atoms with Crippen molar-refractivity contribution in [2.24, 2.45) is 5.92 Å². The first-order chi connectivity index (χ1) is 13.1. The van der Waals surface area contributed by atoms with Crippen LogP contribution in [-0.2, 0) is 21.5 Å². The lowest BCUT2D eigenvalue weighted by Crippen LogP contribution is -2.52. The van der Waals surface area contributed by atoms with Gasteiger partial charge in [-0.25, -0.2) is 4.79 Å². The minimum atomic E-state index is -1.22. The zero-order chi connectivity index (χ0) is 21.1. The fourth-order valence-corrected chi connectivity index (χ4v) is 3.10. The molecule has 1 aliphatic heterocycles. The summed E-state index contributed by atoms with van der Waals surface area (Å²) in [5.74, 6) is -1.17. The summed E-state index contributed by atoms with van der Waals surface area (Å²) >= 11 is 0. The second-order valence-corrected chi connectivity index (χ2v) is 7.91. The largest absolute Gasteiger partial charge is 0.336 e. The highest BCUT2D eigenvalue weighted by atomic mass is 16.2. The maximum atomic E-state index is 13.0. The SMILES string of the molecule is CCCc1ccc([C@]2(C)NC(=O)N(CC(=O)N[C@@](C)(C#N)C(C)C)C2=O)cc1. The van der Waals surface area contributed by atoms with Crippen molar-refractivity contribution in [3.05, 3.63) is 35.4 Å². The number of nitrogens with one attached hydrogen (secondary N) is 2. The Morgan fingerprint density at radius 2 is 1.93 bits per heavy atom. The van der Waals surface area contributed by atoms with Gasteiger partial charge in [-0.1, -0.05) is 51.5 Å². The van der Waals surface area contributed by atoms with Crippen LogP contribution in [0, 0.1) is 17.2 Å². The van der Waals surface area contributed by atoms with E-state index in [4.69, 9.17) is 0 Å². The van der Waals surface area contributed by atoms with Gasteiger partial charge < -0.3 is 10.6 Å². The van der Waals surface area contributed by atoms with Crippen LogP contribution in [0.25, 0.3) is 0 Å². The van der Waals surface area contributed by atoms with Gasteiger partial charge in [-0.3, -0.25) is 14.5 Å². The van der Waals surface area contributed by atoms with Crippen LogP contribution in [0.2, 0.25) is 0 Å². The molecule has 0 spiro atoms. The molecule has 7 heteroatoms. The van der Waals surface area contributed by atoms with Gasteiger partial charge in [0.1, 0.15) is 17.6 Å². The molecule has 150 valence electrons. The second kappa shape index (κ2) is 8.01. The number of rotatable bonds is 7. The lowest BCUT2D eigenvalue weighted by Gasteiger charge is -2.28. The molecule has 1 fully saturated rings. The van der Waals surface area contributed by atoms with Crippen LogP contribution in [0.3, 0.4) is 0 Å². The van der Waals surface area contributed by atoms with Crippen molar-refractivity contribution in [1.29, 1.82) is 5.26 Å². The van der Waals surface area contributed by atoms with Gasteiger partial charge >= 0.3 is 6.03 Å². The average molecular weight is 384 g/mol. The molecular weight excluding hydrogens is 356 g/mol. The maximum absolute atomic E-state index is 13.0. The molecule has 0 bridgehead atoms. The van der Waals surface area contributed by atoms with Crippen LogP contribution in [-0.4, -0.2) is 34.8 Å². The molecule has 0 unspecified atom stereocenters. The Morgan fingerprint density at radius 1 is 1.32 bits per heavy atom. The number of carbonyl (C=O) groups is 3. The first-order valence-electron chi connectivity index (χ1n) is 9.53. The van der Waals surface area contributed by atoms with Crippen molar-refractivity contribution in [1.82, 2.24) is 15.5 Å². The summed E-state index contributed by atoms with van der Waals surface area (Å²) in [7, 11) is 0. The van der Waals surface area contributed by atoms with Crippen LogP contribution < -0.4 is 10.6 Å². The van der Waals surface area contributed by atoms with Crippen LogP contribution in [0.4, 0.5) is 4.79 Å². The third kappa shape index (κ3) is 4.01. The molecule has 1 aromatic rings. The number of nitriles is 1. The van der Waals surface area contributed by atoms with E-state index in [9.17, 15) is 19.6 Å². The molecule has 1 aliphatic rings. The van der Waals surface area contributed by atoms with Crippen molar-refractivity contribution >= 4 is 17.8 Å². The second-order valence-electron chi connectivity index (χ2n) is 7.91. The minimum absolute atomic E-state index is 0.128. The average Bonchev–Trinajstić information content (AvgIpc) is 2.86. The van der Waals surface area contributed by atoms with Gasteiger partial charge in [-0.2, -0.15) is 5.26 Å². The molecule has 1 aromatic carbocycles. The molecule has 2 N–H and O–H groups in total. The number of hydrogen-bond acceptors (Lipinski definition) is 4. The molecule has 28 heavy (non-hydrogen) atoms. The number of imide groups is 1. The third-order valence-corrected chi connectivity index (χ3v) is 5.43. The third-order valence-electron chi connectivity index (χ3n) is 5.43. The first-order valence-corrected chi connectivity index (χ1v) is 9.53. The highest BCUT2D eigenvalue weighted by Gasteiger charge is 2.49. The quantitative estimate of drug-likeness (QED) is 0.705. The van der Waals surface area contributed by atoms with Gasteiger partial charge in [0, 0.05) is 0 Å². The molecule has 2 atom stereocenters. The Balaban J connectivity index is 2.16. The predicted octanol–water partition coefficient (Wildman–Crippen LogP) is 2.46. The summed E-state index contributed by atoms with van der Waals surface area (Å²) in [6, 6.07) is 9.01. The van der Waals surface area contributed by atoms with E-state index in [2.05, 4.69) is 23.6 Å². The van der Waals surface area contributed by atoms with Crippen molar-refractivity contribution < 1.29 is 14.4 Å². The zero-order valence-electron chi connectivity index (χ0n) is 17.1. The number of urea groups is 1. The van der Waals surface area contributed by atoms with Crippen molar-refractivity contribution in [2.75, 3.05) is 6.54 Å². The van der Waals surface area contributed by atoms with E-state index < -0.39 is 35.5 Å². The lowest BCUT2D eigenvalue weighted by molar-refractivity contribution is -0.135. The van der Waals surface area contributed by atoms with Crippen LogP contribution >= 0.6 is 0 Å². The van der Waals surface area contributed by atoms with Crippen LogP contribution in [0.1, 0.15) is 52.2 Å². The molecule has 2 rings (SSSR count). The standard InChI is InChI=1S/C21H28N4O3/c1-6-7-15-8-10-16(11-9-15)21(5)18(27)25(19(28)24-21)12-17(26)23-20(4,13-22)14(2)3/h8-11,14H,6-7,12H2,1-5H3,(H,23,26)(H,24,28)/t20-,21-/m0/s1. The van der Waals surface area contributed by atoms with Crippen molar-refractivity contribution in [2.45, 2.75) is 58.5 Å². The van der Waals surface area contributed by atoms with Gasteiger partial charge in [0.2, 0.25) is 5.91 Å². The predicted molar refractivity (Wildman–Crippen MR) is 105 cm³/mol. The maximum Gasteiger partial charge on any atom is 0.325 e. The fraction of sp³-hybridized carbons (Fsp3) is 0.524. The fourth-order valence-electron chi connectivity index (χ4n) is 3.10. The molecule has 0 aromatic heterocycles. The molecule has 1 heterocycles. The molecule has 7 nitrogen and oxygen atoms in total. The van der Waals surface area contributed by atoms with E-state index in [1.807, 2.05) is 38.1 Å². The van der Waals surface area contributed by atoms with Gasteiger partial charge in [0.05, 0.1) is 6.07 Å². The number of amides is 4. The summed E-state index contributed by atoms with van der Waals surface area (Å²) in [5.41, 5.74) is -0.474. The summed E-state index contributed by atoms with van der Waals surface area (Å²) in [6.45, 7) is 8.54. The highest BCUT2D eigenvalue weighted by molar-refractivity contribution is 6.09. The topological polar surface area (TPSA) is 102 Å². The highest BCUT2D eigenvalue weighted by Crippen LogP contribution is 2.29. The van der Waals surface area contributed by atoms with E-state index in [0.717, 1.165) is 23.3 Å². The lowest BCUT2D eigenvalue weighted by atomic mass is 9.90. The smallest absolute Gasteiger partial charge is 0.325 e. The number of nitrogens with zero attached hydrogens (tertiary/aromatic N) is 2. The van der Waals surface area contributed by atoms with Crippen LogP contribution in [0.15, 0.2) is 24.3 Å². The molecule has 4 amide bonds. The summed E-state index contributed by atoms with van der Waals surface area (Å²) in [6.07, 6.45) is 1.96. The number of aryl methyl sites for hydroxylation is 1. The summed E-state index contributed by atoms with van der Waals surface area (Å²) in [4.78, 5) is 38.6. The van der Waals surface area contributed by atoms with Crippen molar-refractivity contribution in [3.8, 4) is 6.07 Å². The number of carbonyl (C=O) groups excluding carboxylic acids is 3. The molecule has 1 saturated heterocycles. The Labute approximate surface area is 166 Å². The minimum Gasteiger partial charge on any atom is -0.336 e. The Bertz CT molecular complexity index is 812. The van der Waals surface area contributed by atoms with Crippen LogP contribution in [0.5, 0.6) is 0 Å². The van der Waals surface area contributed by atoms with E-state index in [0.29, 0.717) is 5.56 Å². The summed E-state index contributed by atoms with van der Waals surface area (Å²) in [5, 5.41) is 14.7.